The van der Waals surface area contributed by atoms with Crippen molar-refractivity contribution < 1.29 is 14.5 Å². The van der Waals surface area contributed by atoms with Gasteiger partial charge in [0, 0.05) is 38.0 Å². The van der Waals surface area contributed by atoms with E-state index in [0.717, 1.165) is 38.2 Å². The van der Waals surface area contributed by atoms with E-state index in [1.54, 1.807) is 0 Å². The molecule has 0 spiro atoms. The van der Waals surface area contributed by atoms with Crippen LogP contribution in [0.2, 0.25) is 5.02 Å². The lowest BCUT2D eigenvalue weighted by molar-refractivity contribution is -0.111. The zero-order valence-electron chi connectivity index (χ0n) is 17.5. The zero-order chi connectivity index (χ0) is 22.0. The van der Waals surface area contributed by atoms with E-state index in [2.05, 4.69) is 22.9 Å². The SMILES string of the molecule is Cc1cccnc1CN1C[C@H]2CC(OC(=N)/C=C\C(=[NH2+])c3cc(F)ccc3Cl)C[C@H]2C1. The first-order valence-electron chi connectivity index (χ1n) is 10.5. The predicted molar refractivity (Wildman–Crippen MR) is 120 cm³/mol. The summed E-state index contributed by atoms with van der Waals surface area (Å²) in [7, 11) is 0. The molecule has 2 aromatic rings. The Balaban J connectivity index is 1.26. The standard InChI is InChI=1S/C24H26ClFN4O/c1-15-3-2-8-29-23(15)14-30-12-16-9-19(10-17(16)13-30)31-24(28)7-6-22(27)20-11-18(26)4-5-21(20)25/h2-8,11,16-17,19,27-28H,9-10,12-14H2,1H3/p+1/b7-6-,27-22?,28-24?/t16-,17+,19?. The first-order chi connectivity index (χ1) is 14.9. The van der Waals surface area contributed by atoms with E-state index < -0.39 is 5.82 Å². The number of nitrogens with two attached hydrogens (primary N) is 1. The van der Waals surface area contributed by atoms with Gasteiger partial charge in [0.25, 0.3) is 0 Å². The second-order valence-corrected chi connectivity index (χ2v) is 8.88. The number of aromatic nitrogens is 1. The maximum absolute atomic E-state index is 13.4. The second-order valence-electron chi connectivity index (χ2n) is 8.47. The Kier molecular flexibility index (Phi) is 6.49. The summed E-state index contributed by atoms with van der Waals surface area (Å²) in [6.07, 6.45) is 6.84. The fourth-order valence-electron chi connectivity index (χ4n) is 4.66. The smallest absolute Gasteiger partial charge is 0.206 e. The molecule has 3 atom stereocenters. The Morgan fingerprint density at radius 3 is 2.74 bits per heavy atom. The van der Waals surface area contributed by atoms with Crippen LogP contribution in [0.25, 0.3) is 0 Å². The molecule has 1 unspecified atom stereocenters. The number of nitrogens with one attached hydrogen (secondary N) is 1. The van der Waals surface area contributed by atoms with Crippen LogP contribution in [0.5, 0.6) is 0 Å². The minimum Gasteiger partial charge on any atom is -0.475 e. The number of hydrogen-bond donors (Lipinski definition) is 2. The van der Waals surface area contributed by atoms with Gasteiger partial charge in [-0.15, -0.1) is 0 Å². The van der Waals surface area contributed by atoms with Crippen molar-refractivity contribution in [1.82, 2.24) is 9.88 Å². The largest absolute Gasteiger partial charge is 0.475 e. The third kappa shape index (κ3) is 5.20. The van der Waals surface area contributed by atoms with Gasteiger partial charge >= 0.3 is 0 Å². The highest BCUT2D eigenvalue weighted by Crippen LogP contribution is 2.40. The van der Waals surface area contributed by atoms with Gasteiger partial charge < -0.3 is 4.74 Å². The molecule has 2 heterocycles. The minimum absolute atomic E-state index is 0.0462. The minimum atomic E-state index is -0.410. The first-order valence-corrected chi connectivity index (χ1v) is 10.9. The lowest BCUT2D eigenvalue weighted by Crippen LogP contribution is -2.39. The second kappa shape index (κ2) is 9.28. The molecule has 1 aromatic carbocycles. The van der Waals surface area contributed by atoms with Gasteiger partial charge in [-0.2, -0.15) is 0 Å². The van der Waals surface area contributed by atoms with E-state index in [9.17, 15) is 4.39 Å². The summed E-state index contributed by atoms with van der Waals surface area (Å²) in [4.78, 5) is 6.99. The van der Waals surface area contributed by atoms with Crippen LogP contribution < -0.4 is 5.41 Å². The van der Waals surface area contributed by atoms with Gasteiger partial charge in [-0.05, 0) is 61.4 Å². The molecule has 3 N–H and O–H groups in total. The maximum Gasteiger partial charge on any atom is 0.206 e. The van der Waals surface area contributed by atoms with E-state index >= 15 is 0 Å². The summed E-state index contributed by atoms with van der Waals surface area (Å²) in [5.74, 6) is 0.829. The topological polar surface area (TPSA) is 74.8 Å². The molecule has 1 saturated carbocycles. The molecule has 4 rings (SSSR count). The van der Waals surface area contributed by atoms with Gasteiger partial charge in [-0.3, -0.25) is 20.7 Å². The number of fused-ring (bicyclic) bond motifs is 1. The third-order valence-corrected chi connectivity index (χ3v) is 6.55. The molecule has 7 heteroatoms. The van der Waals surface area contributed by atoms with E-state index in [-0.39, 0.29) is 12.0 Å². The summed E-state index contributed by atoms with van der Waals surface area (Å²) in [5, 5.41) is 14.5. The number of halogens is 2. The molecule has 2 fully saturated rings. The quantitative estimate of drug-likeness (QED) is 0.534. The van der Waals surface area contributed by atoms with Gasteiger partial charge in [0.1, 0.15) is 11.9 Å². The average molecular weight is 442 g/mol. The van der Waals surface area contributed by atoms with Crippen LogP contribution >= 0.6 is 11.6 Å². The molecule has 0 bridgehead atoms. The average Bonchev–Trinajstić information content (AvgIpc) is 3.27. The molecule has 162 valence electrons. The van der Waals surface area contributed by atoms with E-state index in [0.29, 0.717) is 28.1 Å². The van der Waals surface area contributed by atoms with Crippen LogP contribution in [0.15, 0.2) is 48.7 Å². The van der Waals surface area contributed by atoms with Gasteiger partial charge in [0.15, 0.2) is 0 Å². The summed E-state index contributed by atoms with van der Waals surface area (Å²) in [5.41, 5.74) is 3.08. The van der Waals surface area contributed by atoms with Crippen molar-refractivity contribution in [3.05, 3.63) is 76.3 Å². The molecular formula is C24H27ClFN4O+. The normalized spacial score (nSPS) is 23.3. The number of benzene rings is 1. The van der Waals surface area contributed by atoms with Crippen LogP contribution in [-0.4, -0.2) is 40.7 Å². The third-order valence-electron chi connectivity index (χ3n) is 6.22. The van der Waals surface area contributed by atoms with Crippen LogP contribution in [0.3, 0.4) is 0 Å². The molecule has 1 aliphatic heterocycles. The summed E-state index contributed by atoms with van der Waals surface area (Å²) in [6.45, 7) is 5.08. The van der Waals surface area contributed by atoms with Crippen molar-refractivity contribution in [1.29, 1.82) is 5.41 Å². The lowest BCUT2D eigenvalue weighted by Gasteiger charge is -2.19. The number of nitrogens with zero attached hydrogens (tertiary/aromatic N) is 2. The molecule has 31 heavy (non-hydrogen) atoms. The van der Waals surface area contributed by atoms with Crippen molar-refractivity contribution in [3.8, 4) is 0 Å². The number of likely N-dealkylation sites (tertiary alicyclic amines) is 1. The Labute approximate surface area is 186 Å². The predicted octanol–water partition coefficient (Wildman–Crippen LogP) is 3.19. The number of allylic oxidation sites excluding steroid dienone is 1. The van der Waals surface area contributed by atoms with Crippen molar-refractivity contribution in [2.45, 2.75) is 32.4 Å². The number of hydrogen-bond acceptors (Lipinski definition) is 4. The van der Waals surface area contributed by atoms with Gasteiger partial charge in [0.2, 0.25) is 11.6 Å². The summed E-state index contributed by atoms with van der Waals surface area (Å²) < 4.78 is 19.3. The van der Waals surface area contributed by atoms with Crippen LogP contribution in [0, 0.1) is 30.0 Å². The Hall–Kier alpha value is -2.57. The molecule has 0 amide bonds. The highest BCUT2D eigenvalue weighted by atomic mass is 35.5. The number of aryl methyl sites for hydroxylation is 1. The van der Waals surface area contributed by atoms with Crippen LogP contribution in [0.1, 0.15) is 29.7 Å². The van der Waals surface area contributed by atoms with Gasteiger partial charge in [-0.1, -0.05) is 17.7 Å². The molecule has 5 nitrogen and oxygen atoms in total. The summed E-state index contributed by atoms with van der Waals surface area (Å²) >= 11 is 6.08. The Morgan fingerprint density at radius 2 is 2.03 bits per heavy atom. The van der Waals surface area contributed by atoms with E-state index in [1.807, 2.05) is 12.3 Å². The highest BCUT2D eigenvalue weighted by molar-refractivity contribution is 6.34. The zero-order valence-corrected chi connectivity index (χ0v) is 18.3. The molecule has 1 aliphatic carbocycles. The summed E-state index contributed by atoms with van der Waals surface area (Å²) in [6, 6.07) is 8.10. The van der Waals surface area contributed by atoms with Crippen molar-refractivity contribution in [3.63, 3.8) is 0 Å². The van der Waals surface area contributed by atoms with Crippen molar-refractivity contribution in [2.24, 2.45) is 11.8 Å². The monoisotopic (exact) mass is 441 g/mol. The highest BCUT2D eigenvalue weighted by Gasteiger charge is 2.42. The van der Waals surface area contributed by atoms with Gasteiger partial charge in [-0.25, -0.2) is 4.39 Å². The number of rotatable bonds is 6. The fraction of sp³-hybridized carbons (Fsp3) is 0.375. The molecular weight excluding hydrogens is 415 g/mol. The number of pyridine rings is 1. The molecule has 2 aliphatic rings. The van der Waals surface area contributed by atoms with Crippen molar-refractivity contribution >= 4 is 23.2 Å². The fourth-order valence-corrected chi connectivity index (χ4v) is 4.88. The lowest BCUT2D eigenvalue weighted by atomic mass is 10.0. The maximum atomic E-state index is 13.4. The van der Waals surface area contributed by atoms with Crippen LogP contribution in [-0.2, 0) is 11.3 Å². The van der Waals surface area contributed by atoms with E-state index in [4.69, 9.17) is 27.2 Å². The Morgan fingerprint density at radius 1 is 1.29 bits per heavy atom. The van der Waals surface area contributed by atoms with Crippen molar-refractivity contribution in [2.75, 3.05) is 13.1 Å². The van der Waals surface area contributed by atoms with Crippen LogP contribution in [0.4, 0.5) is 4.39 Å². The number of ether oxygens (including phenoxy) is 1. The van der Waals surface area contributed by atoms with Gasteiger partial charge in [0.05, 0.1) is 16.3 Å². The Bertz CT molecular complexity index is 1010. The molecule has 0 radical (unpaired) electrons. The first kappa shape index (κ1) is 21.7. The van der Waals surface area contributed by atoms with E-state index in [1.165, 1.54) is 35.9 Å². The molecule has 1 aromatic heterocycles. The molecule has 1 saturated heterocycles.